The van der Waals surface area contributed by atoms with E-state index in [1.165, 1.54) is 0 Å². The number of ether oxygens (including phenoxy) is 2. The first-order valence-corrected chi connectivity index (χ1v) is 9.52. The van der Waals surface area contributed by atoms with Crippen molar-refractivity contribution in [1.29, 1.82) is 0 Å². The highest BCUT2D eigenvalue weighted by Gasteiger charge is 2.09. The van der Waals surface area contributed by atoms with Crippen molar-refractivity contribution in [2.24, 2.45) is 4.99 Å². The van der Waals surface area contributed by atoms with Gasteiger partial charge in [0.05, 0.1) is 24.0 Å². The van der Waals surface area contributed by atoms with Crippen LogP contribution in [-0.2, 0) is 0 Å². The van der Waals surface area contributed by atoms with E-state index < -0.39 is 0 Å². The van der Waals surface area contributed by atoms with Crippen LogP contribution in [0.25, 0.3) is 27.9 Å². The van der Waals surface area contributed by atoms with E-state index in [0.29, 0.717) is 11.2 Å². The molecule has 0 saturated heterocycles. The number of aromatic nitrogens is 3. The molecule has 2 aromatic carbocycles. The molecule has 0 aliphatic heterocycles. The lowest BCUT2D eigenvalue weighted by Crippen LogP contribution is -2.25. The second-order valence-electron chi connectivity index (χ2n) is 6.63. The molecule has 4 rings (SSSR count). The molecule has 0 spiro atoms. The van der Waals surface area contributed by atoms with Gasteiger partial charge in [-0.05, 0) is 30.3 Å². The number of benzene rings is 2. The molecule has 0 saturated carbocycles. The molecule has 0 unspecified atom stereocenters. The maximum absolute atomic E-state index is 6.07. The number of fused-ring (bicyclic) bond motifs is 1. The Balaban J connectivity index is 1.61. The minimum Gasteiger partial charge on any atom is -0.497 e. The van der Waals surface area contributed by atoms with Gasteiger partial charge < -0.3 is 9.47 Å². The standard InChI is InChI=1S/C24H22N4O2/c1-17(16-30-23-13-14-26-22-15-19(29-3)9-10-20(22)23)28-24(25-2)12-11-21(27-28)18-7-5-4-6-8-18/h4-15H,1,16H2,2-3H3. The maximum Gasteiger partial charge on any atom is 0.148 e. The van der Waals surface area contributed by atoms with E-state index in [2.05, 4.69) is 16.6 Å². The first-order chi connectivity index (χ1) is 14.7. The zero-order chi connectivity index (χ0) is 20.9. The van der Waals surface area contributed by atoms with Gasteiger partial charge in [0.15, 0.2) is 0 Å². The smallest absolute Gasteiger partial charge is 0.148 e. The van der Waals surface area contributed by atoms with Crippen LogP contribution in [0.2, 0.25) is 0 Å². The molecule has 30 heavy (non-hydrogen) atoms. The van der Waals surface area contributed by atoms with E-state index in [1.807, 2.05) is 66.7 Å². The van der Waals surface area contributed by atoms with Gasteiger partial charge in [-0.2, -0.15) is 5.10 Å². The Labute approximate surface area is 174 Å². The number of hydrogen-bond donors (Lipinski definition) is 0. The third kappa shape index (κ3) is 3.93. The normalized spacial score (nSPS) is 11.5. The summed E-state index contributed by atoms with van der Waals surface area (Å²) in [6, 6.07) is 21.4. The fourth-order valence-electron chi connectivity index (χ4n) is 3.16. The lowest BCUT2D eigenvalue weighted by Gasteiger charge is -2.14. The van der Waals surface area contributed by atoms with Crippen molar-refractivity contribution < 1.29 is 9.47 Å². The Kier molecular flexibility index (Phi) is 5.57. The molecule has 6 nitrogen and oxygen atoms in total. The minimum absolute atomic E-state index is 0.254. The second kappa shape index (κ2) is 8.61. The molecular formula is C24H22N4O2. The monoisotopic (exact) mass is 398 g/mol. The maximum atomic E-state index is 6.07. The lowest BCUT2D eigenvalue weighted by atomic mass is 10.1. The van der Waals surface area contributed by atoms with Gasteiger partial charge in [-0.1, -0.05) is 36.9 Å². The molecule has 0 aliphatic carbocycles. The van der Waals surface area contributed by atoms with E-state index >= 15 is 0 Å². The SMILES string of the molecule is C=C(COc1ccnc2cc(OC)ccc12)n1nc(-c2ccccc2)ccc1=NC. The van der Waals surface area contributed by atoms with Crippen LogP contribution in [0.1, 0.15) is 0 Å². The molecule has 2 heterocycles. The molecule has 0 amide bonds. The van der Waals surface area contributed by atoms with Gasteiger partial charge >= 0.3 is 0 Å². The topological polar surface area (TPSA) is 61.5 Å². The molecule has 2 aromatic heterocycles. The van der Waals surface area contributed by atoms with Crippen molar-refractivity contribution in [1.82, 2.24) is 14.8 Å². The predicted molar refractivity (Wildman–Crippen MR) is 118 cm³/mol. The lowest BCUT2D eigenvalue weighted by molar-refractivity contribution is 0.365. The Hall–Kier alpha value is -3.93. The summed E-state index contributed by atoms with van der Waals surface area (Å²) in [5, 5.41) is 5.63. The Morgan fingerprint density at radius 3 is 2.67 bits per heavy atom. The highest BCUT2D eigenvalue weighted by Crippen LogP contribution is 2.27. The Bertz CT molecular complexity index is 1260. The van der Waals surface area contributed by atoms with Crippen molar-refractivity contribution >= 4 is 16.6 Å². The van der Waals surface area contributed by atoms with Gasteiger partial charge in [0.25, 0.3) is 0 Å². The zero-order valence-corrected chi connectivity index (χ0v) is 16.9. The van der Waals surface area contributed by atoms with Crippen LogP contribution >= 0.6 is 0 Å². The van der Waals surface area contributed by atoms with Crippen molar-refractivity contribution in [2.75, 3.05) is 20.8 Å². The number of hydrogen-bond acceptors (Lipinski definition) is 5. The summed E-state index contributed by atoms with van der Waals surface area (Å²) >= 11 is 0. The fourth-order valence-corrected chi connectivity index (χ4v) is 3.16. The van der Waals surface area contributed by atoms with Crippen molar-refractivity contribution in [2.45, 2.75) is 0 Å². The van der Waals surface area contributed by atoms with Crippen LogP contribution in [0.5, 0.6) is 11.5 Å². The van der Waals surface area contributed by atoms with E-state index in [9.17, 15) is 0 Å². The number of nitrogens with zero attached hydrogens (tertiary/aromatic N) is 4. The van der Waals surface area contributed by atoms with E-state index in [-0.39, 0.29) is 6.61 Å². The van der Waals surface area contributed by atoms with Gasteiger partial charge in [-0.25, -0.2) is 4.68 Å². The molecule has 0 fully saturated rings. The Morgan fingerprint density at radius 1 is 1.07 bits per heavy atom. The number of pyridine rings is 1. The molecule has 0 radical (unpaired) electrons. The zero-order valence-electron chi connectivity index (χ0n) is 16.9. The first-order valence-electron chi connectivity index (χ1n) is 9.52. The van der Waals surface area contributed by atoms with E-state index in [4.69, 9.17) is 14.6 Å². The fraction of sp³-hybridized carbons (Fsp3) is 0.125. The number of methoxy groups -OCH3 is 1. The van der Waals surface area contributed by atoms with Crippen LogP contribution in [0.15, 0.2) is 84.5 Å². The van der Waals surface area contributed by atoms with Crippen LogP contribution in [0, 0.1) is 0 Å². The summed E-state index contributed by atoms with van der Waals surface area (Å²) in [7, 11) is 3.36. The van der Waals surface area contributed by atoms with Crippen LogP contribution < -0.4 is 15.0 Å². The average molecular weight is 398 g/mol. The van der Waals surface area contributed by atoms with Crippen molar-refractivity contribution in [3.8, 4) is 22.8 Å². The van der Waals surface area contributed by atoms with Crippen LogP contribution in [0.3, 0.4) is 0 Å². The van der Waals surface area contributed by atoms with Crippen molar-refractivity contribution in [3.05, 3.63) is 85.0 Å². The summed E-state index contributed by atoms with van der Waals surface area (Å²) in [4.78, 5) is 8.70. The van der Waals surface area contributed by atoms with Gasteiger partial charge in [0, 0.05) is 30.3 Å². The molecule has 6 heteroatoms. The van der Waals surface area contributed by atoms with Crippen LogP contribution in [0.4, 0.5) is 0 Å². The molecule has 0 N–H and O–H groups in total. The minimum atomic E-state index is 0.254. The van der Waals surface area contributed by atoms with Gasteiger partial charge in [-0.3, -0.25) is 9.98 Å². The quantitative estimate of drug-likeness (QED) is 0.489. The summed E-state index contributed by atoms with van der Waals surface area (Å²) < 4.78 is 13.1. The third-order valence-corrected chi connectivity index (χ3v) is 4.72. The van der Waals surface area contributed by atoms with Gasteiger partial charge in [0.1, 0.15) is 23.6 Å². The van der Waals surface area contributed by atoms with Gasteiger partial charge in [-0.15, -0.1) is 0 Å². The summed E-state index contributed by atoms with van der Waals surface area (Å²) in [5.41, 5.74) is 4.04. The highest BCUT2D eigenvalue weighted by molar-refractivity contribution is 5.86. The largest absolute Gasteiger partial charge is 0.497 e. The molecule has 150 valence electrons. The Morgan fingerprint density at radius 2 is 1.90 bits per heavy atom. The predicted octanol–water partition coefficient (Wildman–Crippen LogP) is 4.19. The second-order valence-corrected chi connectivity index (χ2v) is 6.63. The number of rotatable bonds is 6. The summed E-state index contributed by atoms with van der Waals surface area (Å²) in [6.45, 7) is 4.42. The molecule has 0 atom stereocenters. The van der Waals surface area contributed by atoms with Crippen LogP contribution in [-0.4, -0.2) is 35.5 Å². The molecule has 0 bridgehead atoms. The third-order valence-electron chi connectivity index (χ3n) is 4.72. The molecule has 0 aliphatic rings. The van der Waals surface area contributed by atoms with E-state index in [1.54, 1.807) is 25.0 Å². The molecular weight excluding hydrogens is 376 g/mol. The summed E-state index contributed by atoms with van der Waals surface area (Å²) in [6.07, 6.45) is 1.72. The first kappa shape index (κ1) is 19.4. The summed E-state index contributed by atoms with van der Waals surface area (Å²) in [5.74, 6) is 1.47. The van der Waals surface area contributed by atoms with Gasteiger partial charge in [0.2, 0.25) is 0 Å². The van der Waals surface area contributed by atoms with Crippen molar-refractivity contribution in [3.63, 3.8) is 0 Å². The average Bonchev–Trinajstić information content (AvgIpc) is 2.82. The highest BCUT2D eigenvalue weighted by atomic mass is 16.5. The van der Waals surface area contributed by atoms with E-state index in [0.717, 1.165) is 33.7 Å². The molecule has 4 aromatic rings.